The van der Waals surface area contributed by atoms with Crippen LogP contribution in [0.15, 0.2) is 72.8 Å². The Hall–Kier alpha value is -3.81. The van der Waals surface area contributed by atoms with Gasteiger partial charge in [0.15, 0.2) is 0 Å². The quantitative estimate of drug-likeness (QED) is 0.440. The summed E-state index contributed by atoms with van der Waals surface area (Å²) in [4.78, 5) is 22.9. The second-order valence-electron chi connectivity index (χ2n) is 7.30. The van der Waals surface area contributed by atoms with E-state index in [2.05, 4.69) is 4.74 Å². The molecular formula is C25H21F3O5. The van der Waals surface area contributed by atoms with E-state index in [1.165, 1.54) is 19.2 Å². The summed E-state index contributed by atoms with van der Waals surface area (Å²) in [5, 5.41) is 9.37. The minimum Gasteiger partial charge on any atom is -0.489 e. The van der Waals surface area contributed by atoms with Crippen LogP contribution in [0.25, 0.3) is 11.1 Å². The minimum atomic E-state index is -4.38. The highest BCUT2D eigenvalue weighted by Crippen LogP contribution is 2.31. The first-order valence-electron chi connectivity index (χ1n) is 9.96. The summed E-state index contributed by atoms with van der Waals surface area (Å²) >= 11 is 0. The van der Waals surface area contributed by atoms with Gasteiger partial charge >= 0.3 is 18.1 Å². The van der Waals surface area contributed by atoms with Crippen LogP contribution in [0.2, 0.25) is 0 Å². The van der Waals surface area contributed by atoms with Crippen LogP contribution in [0.1, 0.15) is 29.0 Å². The van der Waals surface area contributed by atoms with Gasteiger partial charge in [-0.25, -0.2) is 0 Å². The van der Waals surface area contributed by atoms with E-state index >= 15 is 0 Å². The summed E-state index contributed by atoms with van der Waals surface area (Å²) in [6.45, 7) is 0.207. The van der Waals surface area contributed by atoms with Gasteiger partial charge in [0.2, 0.25) is 0 Å². The number of aliphatic carboxylic acids is 1. The molecule has 5 nitrogen and oxygen atoms in total. The van der Waals surface area contributed by atoms with Gasteiger partial charge in [-0.2, -0.15) is 13.2 Å². The highest BCUT2D eigenvalue weighted by Gasteiger charge is 2.30. The zero-order valence-corrected chi connectivity index (χ0v) is 17.6. The van der Waals surface area contributed by atoms with Crippen molar-refractivity contribution in [1.29, 1.82) is 0 Å². The van der Waals surface area contributed by atoms with E-state index in [0.717, 1.165) is 23.3 Å². The van der Waals surface area contributed by atoms with Crippen LogP contribution in [-0.2, 0) is 27.1 Å². The fraction of sp³-hybridized carbons (Fsp3) is 0.200. The number of carbonyl (C=O) groups excluding carboxylic acids is 1. The molecule has 0 bridgehead atoms. The molecule has 172 valence electrons. The van der Waals surface area contributed by atoms with Crippen molar-refractivity contribution < 1.29 is 37.3 Å². The number of carbonyl (C=O) groups is 2. The monoisotopic (exact) mass is 458 g/mol. The van der Waals surface area contributed by atoms with Crippen LogP contribution in [0.4, 0.5) is 13.2 Å². The lowest BCUT2D eigenvalue weighted by atomic mass is 9.96. The molecule has 0 aliphatic heterocycles. The number of carboxylic acids is 1. The molecule has 0 spiro atoms. The van der Waals surface area contributed by atoms with Crippen LogP contribution in [-0.4, -0.2) is 24.2 Å². The highest BCUT2D eigenvalue weighted by molar-refractivity contribution is 5.83. The number of methoxy groups -OCH3 is 1. The molecule has 33 heavy (non-hydrogen) atoms. The second kappa shape index (κ2) is 10.2. The lowest BCUT2D eigenvalue weighted by Crippen LogP contribution is -2.17. The summed E-state index contributed by atoms with van der Waals surface area (Å²) in [6.07, 6.45) is -4.66. The molecule has 8 heteroatoms. The van der Waals surface area contributed by atoms with E-state index in [0.29, 0.717) is 16.9 Å². The van der Waals surface area contributed by atoms with Gasteiger partial charge in [-0.05, 0) is 52.6 Å². The number of carboxylic acid groups (broad SMARTS) is 1. The average molecular weight is 458 g/mol. The molecule has 0 aliphatic carbocycles. The highest BCUT2D eigenvalue weighted by atomic mass is 19.4. The number of benzene rings is 3. The third-order valence-corrected chi connectivity index (χ3v) is 5.06. The average Bonchev–Trinajstić information content (AvgIpc) is 2.81. The molecule has 0 radical (unpaired) electrons. The van der Waals surface area contributed by atoms with E-state index in [-0.39, 0.29) is 13.0 Å². The Morgan fingerprint density at radius 3 is 2.18 bits per heavy atom. The molecule has 0 amide bonds. The van der Waals surface area contributed by atoms with E-state index in [9.17, 15) is 27.9 Å². The predicted octanol–water partition coefficient (Wildman–Crippen LogP) is 5.68. The number of rotatable bonds is 8. The van der Waals surface area contributed by atoms with Gasteiger partial charge in [0.25, 0.3) is 0 Å². The molecule has 0 aliphatic rings. The van der Waals surface area contributed by atoms with Crippen molar-refractivity contribution >= 4 is 11.9 Å². The summed E-state index contributed by atoms with van der Waals surface area (Å²) in [6, 6.07) is 18.6. The molecular weight excluding hydrogens is 437 g/mol. The van der Waals surface area contributed by atoms with Crippen LogP contribution in [0, 0.1) is 0 Å². The predicted molar refractivity (Wildman–Crippen MR) is 115 cm³/mol. The fourth-order valence-electron chi connectivity index (χ4n) is 3.25. The van der Waals surface area contributed by atoms with Gasteiger partial charge in [0, 0.05) is 0 Å². The third-order valence-electron chi connectivity index (χ3n) is 5.06. The van der Waals surface area contributed by atoms with E-state index in [4.69, 9.17) is 4.74 Å². The molecule has 0 heterocycles. The third kappa shape index (κ3) is 6.35. The molecule has 3 aromatic rings. The smallest absolute Gasteiger partial charge is 0.416 e. The Morgan fingerprint density at radius 2 is 1.61 bits per heavy atom. The molecule has 1 N–H and O–H groups in total. The molecule has 3 aromatic carbocycles. The standard InChI is InChI=1S/C25H21F3O5/c1-32-23(29)14-22(24(30)31)18-7-11-21(12-8-18)33-15-16-3-2-4-19(13-16)17-5-9-20(10-6-17)25(26,27)28/h2-13,22H,14-15H2,1H3,(H,30,31). The van der Waals surface area contributed by atoms with Crippen molar-refractivity contribution in [2.75, 3.05) is 7.11 Å². The zero-order valence-electron chi connectivity index (χ0n) is 17.6. The van der Waals surface area contributed by atoms with Crippen molar-refractivity contribution in [3.05, 3.63) is 89.5 Å². The Bertz CT molecular complexity index is 1110. The van der Waals surface area contributed by atoms with Crippen LogP contribution >= 0.6 is 0 Å². The van der Waals surface area contributed by atoms with Crippen LogP contribution in [0.5, 0.6) is 5.75 Å². The van der Waals surface area contributed by atoms with Crippen molar-refractivity contribution in [3.8, 4) is 16.9 Å². The first-order valence-corrected chi connectivity index (χ1v) is 9.96. The Kier molecular flexibility index (Phi) is 7.37. The lowest BCUT2D eigenvalue weighted by Gasteiger charge is -2.13. The number of halogens is 3. The lowest BCUT2D eigenvalue weighted by molar-refractivity contribution is -0.147. The summed E-state index contributed by atoms with van der Waals surface area (Å²) in [5.74, 6) is -2.27. The molecule has 0 saturated carbocycles. The van der Waals surface area contributed by atoms with Crippen LogP contribution < -0.4 is 4.74 Å². The first kappa shape index (κ1) is 23.8. The van der Waals surface area contributed by atoms with Crippen molar-refractivity contribution in [1.82, 2.24) is 0 Å². The number of hydrogen-bond donors (Lipinski definition) is 1. The Labute approximate surface area is 188 Å². The molecule has 3 rings (SSSR count). The topological polar surface area (TPSA) is 72.8 Å². The van der Waals surface area contributed by atoms with Gasteiger partial charge in [-0.15, -0.1) is 0 Å². The van der Waals surface area contributed by atoms with Crippen LogP contribution in [0.3, 0.4) is 0 Å². The van der Waals surface area contributed by atoms with E-state index in [1.54, 1.807) is 36.4 Å². The SMILES string of the molecule is COC(=O)CC(C(=O)O)c1ccc(OCc2cccc(-c3ccc(C(F)(F)F)cc3)c2)cc1. The largest absolute Gasteiger partial charge is 0.489 e. The number of ether oxygens (including phenoxy) is 2. The zero-order chi connectivity index (χ0) is 24.0. The molecule has 1 unspecified atom stereocenters. The second-order valence-corrected chi connectivity index (χ2v) is 7.30. The van der Waals surface area contributed by atoms with Gasteiger partial charge in [-0.1, -0.05) is 42.5 Å². The summed E-state index contributed by atoms with van der Waals surface area (Å²) in [5.41, 5.74) is 1.97. The van der Waals surface area contributed by atoms with E-state index in [1.807, 2.05) is 12.1 Å². The molecule has 0 saturated heterocycles. The normalized spacial score (nSPS) is 12.1. The Morgan fingerprint density at radius 1 is 0.939 bits per heavy atom. The Balaban J connectivity index is 1.67. The van der Waals surface area contributed by atoms with Gasteiger partial charge < -0.3 is 14.6 Å². The molecule has 0 fully saturated rings. The number of alkyl halides is 3. The van der Waals surface area contributed by atoms with Gasteiger partial charge in [0.05, 0.1) is 25.0 Å². The molecule has 1 atom stereocenters. The molecule has 0 aromatic heterocycles. The maximum atomic E-state index is 12.8. The minimum absolute atomic E-state index is 0.207. The summed E-state index contributed by atoms with van der Waals surface area (Å²) in [7, 11) is 1.20. The first-order chi connectivity index (χ1) is 15.7. The summed E-state index contributed by atoms with van der Waals surface area (Å²) < 4.78 is 48.6. The van der Waals surface area contributed by atoms with Gasteiger partial charge in [0.1, 0.15) is 12.4 Å². The number of hydrogen-bond acceptors (Lipinski definition) is 4. The van der Waals surface area contributed by atoms with Gasteiger partial charge in [-0.3, -0.25) is 9.59 Å². The maximum absolute atomic E-state index is 12.8. The van der Waals surface area contributed by atoms with E-state index < -0.39 is 29.6 Å². The maximum Gasteiger partial charge on any atom is 0.416 e. The fourth-order valence-corrected chi connectivity index (χ4v) is 3.25. The van der Waals surface area contributed by atoms with Crippen molar-refractivity contribution in [3.63, 3.8) is 0 Å². The number of esters is 1. The van der Waals surface area contributed by atoms with Crippen molar-refractivity contribution in [2.45, 2.75) is 25.1 Å². The van der Waals surface area contributed by atoms with Crippen molar-refractivity contribution in [2.24, 2.45) is 0 Å².